The lowest BCUT2D eigenvalue weighted by atomic mass is 10.1. The van der Waals surface area contributed by atoms with Crippen LogP contribution in [0.1, 0.15) is 36.8 Å². The maximum absolute atomic E-state index is 12.3. The number of carbonyl (C=O) groups is 1. The summed E-state index contributed by atoms with van der Waals surface area (Å²) in [6.45, 7) is 1.18. The number of halogens is 2. The number of carbonyl (C=O) groups excluding carboxylic acids is 1. The molecule has 0 radical (unpaired) electrons. The fourth-order valence-electron chi connectivity index (χ4n) is 4.36. The highest BCUT2D eigenvalue weighted by Gasteiger charge is 2.22. The molecule has 0 saturated heterocycles. The summed E-state index contributed by atoms with van der Waals surface area (Å²) in [5.41, 5.74) is 4.58. The van der Waals surface area contributed by atoms with Crippen LogP contribution < -0.4 is 10.6 Å². The third-order valence-corrected chi connectivity index (χ3v) is 7.16. The fraction of sp³-hybridized carbons (Fsp3) is 0.269. The van der Waals surface area contributed by atoms with E-state index < -0.39 is 0 Å². The second kappa shape index (κ2) is 10.2. The monoisotopic (exact) mass is 537 g/mol. The van der Waals surface area contributed by atoms with Crippen LogP contribution in [0.15, 0.2) is 65.3 Å². The van der Waals surface area contributed by atoms with E-state index in [4.69, 9.17) is 16.6 Å². The van der Waals surface area contributed by atoms with Crippen LogP contribution in [-0.2, 0) is 17.9 Å². The quantitative estimate of drug-likeness (QED) is 0.293. The van der Waals surface area contributed by atoms with Crippen molar-refractivity contribution in [2.24, 2.45) is 5.92 Å². The SMILES string of the molecule is O=C(NCc1ccc(CNc2cc(-c3ccccc3Cl)nc3c(Br)cnn23)cc1)C1CCCC1. The molecule has 1 amide bonds. The summed E-state index contributed by atoms with van der Waals surface area (Å²) in [7, 11) is 0. The topological polar surface area (TPSA) is 71.3 Å². The summed E-state index contributed by atoms with van der Waals surface area (Å²) in [5, 5.41) is 11.7. The molecular weight excluding hydrogens is 514 g/mol. The molecule has 0 unspecified atom stereocenters. The summed E-state index contributed by atoms with van der Waals surface area (Å²) < 4.78 is 2.59. The third kappa shape index (κ3) is 4.95. The van der Waals surface area contributed by atoms with Crippen LogP contribution in [0.5, 0.6) is 0 Å². The first-order chi connectivity index (χ1) is 16.6. The predicted octanol–water partition coefficient (Wildman–Crippen LogP) is 6.23. The van der Waals surface area contributed by atoms with E-state index >= 15 is 0 Å². The average molecular weight is 539 g/mol. The van der Waals surface area contributed by atoms with Crippen molar-refractivity contribution >= 4 is 44.9 Å². The minimum absolute atomic E-state index is 0.185. The smallest absolute Gasteiger partial charge is 0.223 e. The number of anilines is 1. The largest absolute Gasteiger partial charge is 0.366 e. The number of benzene rings is 2. The highest BCUT2D eigenvalue weighted by molar-refractivity contribution is 9.10. The Morgan fingerprint density at radius 1 is 1.06 bits per heavy atom. The molecule has 1 saturated carbocycles. The maximum atomic E-state index is 12.3. The number of rotatable bonds is 7. The average Bonchev–Trinajstić information content (AvgIpc) is 3.53. The molecule has 5 rings (SSSR count). The van der Waals surface area contributed by atoms with E-state index in [1.165, 1.54) is 12.8 Å². The van der Waals surface area contributed by atoms with Crippen molar-refractivity contribution in [3.63, 3.8) is 0 Å². The fourth-order valence-corrected chi connectivity index (χ4v) is 4.94. The zero-order valence-corrected chi connectivity index (χ0v) is 20.9. The second-order valence-electron chi connectivity index (χ2n) is 8.60. The van der Waals surface area contributed by atoms with Gasteiger partial charge in [0.25, 0.3) is 0 Å². The van der Waals surface area contributed by atoms with Crippen molar-refractivity contribution in [1.29, 1.82) is 0 Å². The van der Waals surface area contributed by atoms with Gasteiger partial charge in [0, 0.05) is 35.7 Å². The van der Waals surface area contributed by atoms with Gasteiger partial charge in [-0.25, -0.2) is 4.98 Å². The Morgan fingerprint density at radius 3 is 2.50 bits per heavy atom. The zero-order chi connectivity index (χ0) is 23.5. The summed E-state index contributed by atoms with van der Waals surface area (Å²) in [5.74, 6) is 1.20. The summed E-state index contributed by atoms with van der Waals surface area (Å²) >= 11 is 9.96. The van der Waals surface area contributed by atoms with Crippen molar-refractivity contribution in [3.8, 4) is 11.3 Å². The number of hydrogen-bond donors (Lipinski definition) is 2. The Bertz CT molecular complexity index is 1310. The first-order valence-electron chi connectivity index (χ1n) is 11.5. The van der Waals surface area contributed by atoms with Gasteiger partial charge >= 0.3 is 0 Å². The van der Waals surface area contributed by atoms with Gasteiger partial charge in [-0.2, -0.15) is 9.61 Å². The van der Waals surface area contributed by atoms with Crippen molar-refractivity contribution in [2.45, 2.75) is 38.8 Å². The molecule has 0 spiro atoms. The van der Waals surface area contributed by atoms with Gasteiger partial charge in [-0.15, -0.1) is 0 Å². The highest BCUT2D eigenvalue weighted by atomic mass is 79.9. The molecule has 34 heavy (non-hydrogen) atoms. The number of fused-ring (bicyclic) bond motifs is 1. The predicted molar refractivity (Wildman–Crippen MR) is 139 cm³/mol. The van der Waals surface area contributed by atoms with E-state index in [0.29, 0.717) is 23.8 Å². The van der Waals surface area contributed by atoms with Crippen molar-refractivity contribution < 1.29 is 4.79 Å². The van der Waals surface area contributed by atoms with Gasteiger partial charge in [-0.1, -0.05) is 66.9 Å². The molecule has 2 heterocycles. The van der Waals surface area contributed by atoms with Crippen LogP contribution in [0.3, 0.4) is 0 Å². The summed E-state index contributed by atoms with van der Waals surface area (Å²) in [6, 6.07) is 17.9. The standard InChI is InChI=1S/C26H25BrClN5O/c27-21-16-31-33-24(13-23(32-25(21)33)20-7-3-4-8-22(20)28)29-14-17-9-11-18(12-10-17)15-30-26(34)19-5-1-2-6-19/h3-4,7-13,16,19,29H,1-2,5-6,14-15H2,(H,30,34). The second-order valence-corrected chi connectivity index (χ2v) is 9.87. The van der Waals surface area contributed by atoms with Crippen LogP contribution >= 0.6 is 27.5 Å². The summed E-state index contributed by atoms with van der Waals surface area (Å²) in [6.07, 6.45) is 6.10. The van der Waals surface area contributed by atoms with Gasteiger partial charge in [-0.05, 0) is 46.0 Å². The molecule has 0 atom stereocenters. The molecule has 0 bridgehead atoms. The van der Waals surface area contributed by atoms with Gasteiger partial charge in [0.2, 0.25) is 5.91 Å². The Balaban J connectivity index is 1.29. The first kappa shape index (κ1) is 22.9. The van der Waals surface area contributed by atoms with Crippen molar-refractivity contribution in [1.82, 2.24) is 19.9 Å². The van der Waals surface area contributed by atoms with E-state index in [1.54, 1.807) is 10.7 Å². The normalized spacial score (nSPS) is 13.9. The molecule has 1 fully saturated rings. The van der Waals surface area contributed by atoms with Crippen molar-refractivity contribution in [2.75, 3.05) is 5.32 Å². The van der Waals surface area contributed by atoms with Crippen molar-refractivity contribution in [3.05, 3.63) is 81.4 Å². The molecule has 2 N–H and O–H groups in total. The van der Waals surface area contributed by atoms with E-state index in [9.17, 15) is 4.79 Å². The Hall–Kier alpha value is -2.90. The van der Waals surface area contributed by atoms with E-state index in [1.807, 2.05) is 30.3 Å². The van der Waals surface area contributed by atoms with Crippen LogP contribution in [0.25, 0.3) is 16.9 Å². The molecule has 4 aromatic rings. The molecule has 1 aliphatic carbocycles. The molecule has 0 aliphatic heterocycles. The lowest BCUT2D eigenvalue weighted by molar-refractivity contribution is -0.124. The number of nitrogens with one attached hydrogen (secondary N) is 2. The minimum Gasteiger partial charge on any atom is -0.366 e. The van der Waals surface area contributed by atoms with E-state index in [0.717, 1.165) is 45.5 Å². The Kier molecular flexibility index (Phi) is 6.83. The van der Waals surface area contributed by atoms with Gasteiger partial charge < -0.3 is 10.6 Å². The van der Waals surface area contributed by atoms with Crippen LogP contribution in [0, 0.1) is 5.92 Å². The lowest BCUT2D eigenvalue weighted by Gasteiger charge is -2.13. The molecular formula is C26H25BrClN5O. The summed E-state index contributed by atoms with van der Waals surface area (Å²) in [4.78, 5) is 17.0. The maximum Gasteiger partial charge on any atom is 0.223 e. The van der Waals surface area contributed by atoms with Crippen LogP contribution in [0.2, 0.25) is 5.02 Å². The van der Waals surface area contributed by atoms with Gasteiger partial charge in [0.1, 0.15) is 5.82 Å². The molecule has 2 aromatic carbocycles. The first-order valence-corrected chi connectivity index (χ1v) is 12.6. The van der Waals surface area contributed by atoms with E-state index in [2.05, 4.69) is 55.9 Å². The molecule has 6 nitrogen and oxygen atoms in total. The number of aromatic nitrogens is 3. The van der Waals surface area contributed by atoms with Gasteiger partial charge in [-0.3, -0.25) is 4.79 Å². The highest BCUT2D eigenvalue weighted by Crippen LogP contribution is 2.30. The van der Waals surface area contributed by atoms with Gasteiger partial charge in [0.15, 0.2) is 5.65 Å². The number of amides is 1. The Labute approximate surface area is 211 Å². The minimum atomic E-state index is 0.185. The molecule has 1 aliphatic rings. The van der Waals surface area contributed by atoms with Crippen LogP contribution in [0.4, 0.5) is 5.82 Å². The van der Waals surface area contributed by atoms with Gasteiger partial charge in [0.05, 0.1) is 16.4 Å². The number of nitrogens with zero attached hydrogens (tertiary/aromatic N) is 3. The molecule has 2 aromatic heterocycles. The Morgan fingerprint density at radius 2 is 1.76 bits per heavy atom. The van der Waals surface area contributed by atoms with Crippen LogP contribution in [-0.4, -0.2) is 20.5 Å². The zero-order valence-electron chi connectivity index (χ0n) is 18.6. The molecule has 8 heteroatoms. The van der Waals surface area contributed by atoms with E-state index in [-0.39, 0.29) is 11.8 Å². The number of hydrogen-bond acceptors (Lipinski definition) is 4. The molecule has 174 valence electrons. The third-order valence-electron chi connectivity index (χ3n) is 6.27. The lowest BCUT2D eigenvalue weighted by Crippen LogP contribution is -2.28.